The van der Waals surface area contributed by atoms with Crippen LogP contribution < -0.4 is 15.5 Å². The minimum absolute atomic E-state index is 0.0764. The summed E-state index contributed by atoms with van der Waals surface area (Å²) >= 11 is 5.94. The Labute approximate surface area is 190 Å². The third kappa shape index (κ3) is 8.42. The second-order valence-electron chi connectivity index (χ2n) is 7.30. The van der Waals surface area contributed by atoms with Gasteiger partial charge in [0.25, 0.3) is 0 Å². The number of nitrogens with zero attached hydrogens (tertiary/aromatic N) is 1. The molecule has 2 rings (SSSR count). The maximum Gasteiger partial charge on any atom is 0.416 e. The highest BCUT2D eigenvalue weighted by molar-refractivity contribution is 6.30. The minimum Gasteiger partial charge on any atom is -0.356 e. The third-order valence-electron chi connectivity index (χ3n) is 4.69. The van der Waals surface area contributed by atoms with Crippen molar-refractivity contribution < 1.29 is 22.8 Å². The molecule has 0 atom stereocenters. The molecule has 0 fully saturated rings. The molecule has 0 unspecified atom stereocenters. The van der Waals surface area contributed by atoms with Gasteiger partial charge in [0.05, 0.1) is 5.56 Å². The summed E-state index contributed by atoms with van der Waals surface area (Å²) in [6.45, 7) is 2.47. The van der Waals surface area contributed by atoms with Crippen molar-refractivity contribution in [2.24, 2.45) is 0 Å². The molecule has 0 heterocycles. The second-order valence-corrected chi connectivity index (χ2v) is 7.74. The molecule has 5 nitrogen and oxygen atoms in total. The zero-order chi connectivity index (χ0) is 23.6. The number of benzene rings is 2. The Bertz CT molecular complexity index is 906. The van der Waals surface area contributed by atoms with Crippen LogP contribution in [0.25, 0.3) is 0 Å². The number of carbonyl (C=O) groups is 2. The van der Waals surface area contributed by atoms with E-state index in [1.807, 2.05) is 0 Å². The predicted molar refractivity (Wildman–Crippen MR) is 121 cm³/mol. The van der Waals surface area contributed by atoms with Crippen LogP contribution in [-0.4, -0.2) is 25.0 Å². The fraction of sp³-hybridized carbons (Fsp3) is 0.391. The molecule has 3 amide bonds. The highest BCUT2D eigenvalue weighted by Gasteiger charge is 2.31. The fourth-order valence-electron chi connectivity index (χ4n) is 3.04. The van der Waals surface area contributed by atoms with Crippen LogP contribution in [0.5, 0.6) is 0 Å². The van der Waals surface area contributed by atoms with Crippen LogP contribution >= 0.6 is 11.6 Å². The van der Waals surface area contributed by atoms with Gasteiger partial charge in [-0.1, -0.05) is 43.5 Å². The zero-order valence-electron chi connectivity index (χ0n) is 17.8. The molecule has 0 aliphatic heterocycles. The Morgan fingerprint density at radius 2 is 1.78 bits per heavy atom. The molecule has 0 saturated heterocycles. The van der Waals surface area contributed by atoms with E-state index in [2.05, 4.69) is 17.6 Å². The van der Waals surface area contributed by atoms with Gasteiger partial charge >= 0.3 is 12.2 Å². The summed E-state index contributed by atoms with van der Waals surface area (Å²) in [7, 11) is 0. The van der Waals surface area contributed by atoms with E-state index in [0.717, 1.165) is 31.4 Å². The molecule has 0 aliphatic rings. The van der Waals surface area contributed by atoms with Crippen molar-refractivity contribution in [1.29, 1.82) is 0 Å². The highest BCUT2D eigenvalue weighted by Crippen LogP contribution is 2.32. The van der Waals surface area contributed by atoms with Crippen LogP contribution in [0.3, 0.4) is 0 Å². The number of halogens is 4. The van der Waals surface area contributed by atoms with Gasteiger partial charge in [-0.25, -0.2) is 4.79 Å². The molecular weight excluding hydrogens is 443 g/mol. The van der Waals surface area contributed by atoms with Gasteiger partial charge in [0.15, 0.2) is 0 Å². The number of alkyl halides is 3. The Morgan fingerprint density at radius 3 is 2.47 bits per heavy atom. The molecule has 0 bridgehead atoms. The summed E-state index contributed by atoms with van der Waals surface area (Å²) in [6.07, 6.45) is -0.932. The molecule has 0 aliphatic carbocycles. The fourth-order valence-corrected chi connectivity index (χ4v) is 3.23. The first-order chi connectivity index (χ1) is 15.2. The van der Waals surface area contributed by atoms with Crippen molar-refractivity contribution in [3.63, 3.8) is 0 Å². The van der Waals surface area contributed by atoms with E-state index in [1.165, 1.54) is 17.0 Å². The van der Waals surface area contributed by atoms with Crippen LogP contribution in [0, 0.1) is 0 Å². The number of hydrogen-bond donors (Lipinski definition) is 2. The summed E-state index contributed by atoms with van der Waals surface area (Å²) in [5, 5.41) is 5.86. The van der Waals surface area contributed by atoms with Crippen LogP contribution in [-0.2, 0) is 11.0 Å². The van der Waals surface area contributed by atoms with E-state index in [9.17, 15) is 22.8 Å². The number of amides is 3. The van der Waals surface area contributed by atoms with E-state index < -0.39 is 17.8 Å². The van der Waals surface area contributed by atoms with Gasteiger partial charge in [-0.2, -0.15) is 13.2 Å². The Kier molecular flexibility index (Phi) is 9.84. The summed E-state index contributed by atoms with van der Waals surface area (Å²) < 4.78 is 39.5. The molecular formula is C23H27ClF3N3O2. The number of carbonyl (C=O) groups excluding carboxylic acids is 2. The van der Waals surface area contributed by atoms with Crippen LogP contribution in [0.15, 0.2) is 48.5 Å². The van der Waals surface area contributed by atoms with Crippen molar-refractivity contribution in [2.75, 3.05) is 23.3 Å². The lowest BCUT2D eigenvalue weighted by atomic mass is 10.1. The van der Waals surface area contributed by atoms with Gasteiger partial charge in [0, 0.05) is 35.9 Å². The van der Waals surface area contributed by atoms with Gasteiger partial charge in [-0.3, -0.25) is 9.69 Å². The molecule has 0 radical (unpaired) electrons. The van der Waals surface area contributed by atoms with E-state index in [4.69, 9.17) is 11.6 Å². The number of unbranched alkanes of at least 4 members (excludes halogenated alkanes) is 2. The first-order valence-electron chi connectivity index (χ1n) is 10.5. The number of urea groups is 1. The molecule has 0 aromatic heterocycles. The van der Waals surface area contributed by atoms with Crippen LogP contribution in [0.2, 0.25) is 5.02 Å². The zero-order valence-corrected chi connectivity index (χ0v) is 18.6. The maximum absolute atomic E-state index is 13.2. The lowest BCUT2D eigenvalue weighted by molar-refractivity contribution is -0.137. The van der Waals surface area contributed by atoms with E-state index in [0.29, 0.717) is 30.1 Å². The summed E-state index contributed by atoms with van der Waals surface area (Å²) in [4.78, 5) is 26.0. The SMILES string of the molecule is CCCCCC(=O)NCCCN(C(=O)Nc1cccc(Cl)c1)c1cccc(C(F)(F)F)c1. The number of anilines is 2. The predicted octanol–water partition coefficient (Wildman–Crippen LogP) is 6.48. The molecule has 2 aromatic rings. The van der Waals surface area contributed by atoms with E-state index >= 15 is 0 Å². The van der Waals surface area contributed by atoms with Crippen molar-refractivity contribution in [1.82, 2.24) is 5.32 Å². The number of hydrogen-bond acceptors (Lipinski definition) is 2. The molecule has 32 heavy (non-hydrogen) atoms. The number of rotatable bonds is 10. The topological polar surface area (TPSA) is 61.4 Å². The monoisotopic (exact) mass is 469 g/mol. The van der Waals surface area contributed by atoms with Crippen molar-refractivity contribution in [3.8, 4) is 0 Å². The smallest absolute Gasteiger partial charge is 0.356 e. The molecule has 0 saturated carbocycles. The third-order valence-corrected chi connectivity index (χ3v) is 4.93. The Balaban J connectivity index is 2.09. The lowest BCUT2D eigenvalue weighted by Crippen LogP contribution is -2.37. The quantitative estimate of drug-likeness (QED) is 0.391. The average molecular weight is 470 g/mol. The second kappa shape index (κ2) is 12.3. The molecule has 0 spiro atoms. The minimum atomic E-state index is -4.53. The van der Waals surface area contributed by atoms with Crippen molar-refractivity contribution in [2.45, 2.75) is 45.2 Å². The average Bonchev–Trinajstić information content (AvgIpc) is 2.73. The van der Waals surface area contributed by atoms with Gasteiger partial charge < -0.3 is 10.6 Å². The lowest BCUT2D eigenvalue weighted by Gasteiger charge is -2.24. The maximum atomic E-state index is 13.2. The normalized spacial score (nSPS) is 11.2. The summed E-state index contributed by atoms with van der Waals surface area (Å²) in [5.41, 5.74) is -0.322. The largest absolute Gasteiger partial charge is 0.416 e. The van der Waals surface area contributed by atoms with Gasteiger partial charge in [0.2, 0.25) is 5.91 Å². The first kappa shape index (κ1) is 25.5. The van der Waals surface area contributed by atoms with E-state index in [1.54, 1.807) is 24.3 Å². The van der Waals surface area contributed by atoms with Crippen LogP contribution in [0.1, 0.15) is 44.6 Å². The van der Waals surface area contributed by atoms with Gasteiger partial charge in [-0.05, 0) is 49.2 Å². The van der Waals surface area contributed by atoms with Gasteiger partial charge in [-0.15, -0.1) is 0 Å². The Morgan fingerprint density at radius 1 is 1.03 bits per heavy atom. The van der Waals surface area contributed by atoms with E-state index in [-0.39, 0.29) is 18.1 Å². The summed E-state index contributed by atoms with van der Waals surface area (Å²) in [6, 6.07) is 10.5. The summed E-state index contributed by atoms with van der Waals surface area (Å²) in [5.74, 6) is -0.0764. The van der Waals surface area contributed by atoms with Crippen molar-refractivity contribution >= 4 is 34.9 Å². The standard InChI is InChI=1S/C23H27ClF3N3O2/c1-2-3-4-12-21(31)28-13-7-14-30(20-11-5-8-17(15-20)23(25,26)27)22(32)29-19-10-6-9-18(24)16-19/h5-6,8-11,15-16H,2-4,7,12-14H2,1H3,(H,28,31)(H,29,32). The highest BCUT2D eigenvalue weighted by atomic mass is 35.5. The Hall–Kier alpha value is -2.74. The molecule has 9 heteroatoms. The number of nitrogens with one attached hydrogen (secondary N) is 2. The van der Waals surface area contributed by atoms with Crippen LogP contribution in [0.4, 0.5) is 29.3 Å². The molecule has 2 N–H and O–H groups in total. The molecule has 174 valence electrons. The van der Waals surface area contributed by atoms with Crippen molar-refractivity contribution in [3.05, 3.63) is 59.1 Å². The first-order valence-corrected chi connectivity index (χ1v) is 10.9. The molecule has 2 aromatic carbocycles. The van der Waals surface area contributed by atoms with Gasteiger partial charge in [0.1, 0.15) is 0 Å².